The molecule has 22 heavy (non-hydrogen) atoms. The average Bonchev–Trinajstić information content (AvgIpc) is 2.60. The first-order valence-electron chi connectivity index (χ1n) is 7.56. The van der Waals surface area contributed by atoms with Crippen LogP contribution in [0, 0.1) is 0 Å². The molecule has 0 aliphatic carbocycles. The highest BCUT2D eigenvalue weighted by molar-refractivity contribution is 7.46. The van der Waals surface area contributed by atoms with Crippen LogP contribution in [0.2, 0.25) is 0 Å². The maximum Gasteiger partial charge on any atom is -0.00249 e. The van der Waals surface area contributed by atoms with E-state index in [0.717, 1.165) is 8.58 Å². The maximum atomic E-state index is 2.29. The molecule has 0 saturated carbocycles. The Kier molecular flexibility index (Phi) is 3.41. The lowest BCUT2D eigenvalue weighted by Crippen LogP contribution is -2.00. The summed E-state index contributed by atoms with van der Waals surface area (Å²) in [5.74, 6) is 0. The van der Waals surface area contributed by atoms with Gasteiger partial charge in [-0.1, -0.05) is 87.4 Å². The van der Waals surface area contributed by atoms with Gasteiger partial charge in [-0.25, -0.2) is 0 Å². The molecule has 0 aliphatic heterocycles. The molecule has 0 aliphatic rings. The van der Waals surface area contributed by atoms with Crippen molar-refractivity contribution in [3.05, 3.63) is 78.9 Å². The van der Waals surface area contributed by atoms with Gasteiger partial charge in [-0.05, 0) is 44.6 Å². The van der Waals surface area contributed by atoms with Crippen molar-refractivity contribution in [2.45, 2.75) is 0 Å². The molecule has 1 unspecified atom stereocenters. The molecule has 0 aromatic heterocycles. The highest BCUT2D eigenvalue weighted by Gasteiger charge is 2.11. The van der Waals surface area contributed by atoms with Crippen molar-refractivity contribution >= 4 is 35.4 Å². The Balaban J connectivity index is 2.16. The number of hydrogen-bond donors (Lipinski definition) is 0. The fourth-order valence-electron chi connectivity index (χ4n) is 3.21. The average molecular weight is 300 g/mol. The van der Waals surface area contributed by atoms with Crippen LogP contribution in [-0.2, 0) is 0 Å². The van der Waals surface area contributed by atoms with Crippen molar-refractivity contribution in [3.8, 4) is 11.1 Å². The van der Waals surface area contributed by atoms with Crippen LogP contribution in [0.1, 0.15) is 0 Å². The van der Waals surface area contributed by atoms with Crippen LogP contribution in [0.5, 0.6) is 0 Å². The Hall–Kier alpha value is -2.17. The standard InChI is InChI=1S/C21H17P/c1-22-20-14-13-16-8-3-5-11-18(16)21(20)19-12-6-9-15-7-2-4-10-17(15)19/h2-14,22H,1H3. The number of hydrogen-bond acceptors (Lipinski definition) is 0. The van der Waals surface area contributed by atoms with Gasteiger partial charge in [-0.2, -0.15) is 0 Å². The third-order valence-electron chi connectivity index (χ3n) is 4.26. The zero-order valence-electron chi connectivity index (χ0n) is 12.5. The smallest absolute Gasteiger partial charge is 0.00249 e. The van der Waals surface area contributed by atoms with E-state index in [4.69, 9.17) is 0 Å². The van der Waals surface area contributed by atoms with Crippen molar-refractivity contribution in [3.63, 3.8) is 0 Å². The minimum atomic E-state index is 0.789. The molecule has 1 atom stereocenters. The molecule has 0 N–H and O–H groups in total. The van der Waals surface area contributed by atoms with Crippen LogP contribution in [0.3, 0.4) is 0 Å². The molecule has 0 fully saturated rings. The summed E-state index contributed by atoms with van der Waals surface area (Å²) in [4.78, 5) is 0. The van der Waals surface area contributed by atoms with Crippen molar-refractivity contribution in [2.75, 3.05) is 6.66 Å². The Bertz CT molecular complexity index is 964. The number of benzene rings is 4. The highest BCUT2D eigenvalue weighted by Crippen LogP contribution is 2.34. The fourth-order valence-corrected chi connectivity index (χ4v) is 3.98. The van der Waals surface area contributed by atoms with E-state index in [1.54, 1.807) is 0 Å². The molecule has 106 valence electrons. The Labute approximate surface area is 132 Å². The van der Waals surface area contributed by atoms with E-state index in [1.807, 2.05) is 0 Å². The van der Waals surface area contributed by atoms with Crippen LogP contribution in [0.4, 0.5) is 0 Å². The van der Waals surface area contributed by atoms with Crippen LogP contribution < -0.4 is 5.30 Å². The molecule has 4 aromatic rings. The summed E-state index contributed by atoms with van der Waals surface area (Å²) in [5, 5.41) is 6.74. The first-order valence-corrected chi connectivity index (χ1v) is 9.06. The molecule has 4 rings (SSSR count). The maximum absolute atomic E-state index is 2.29. The van der Waals surface area contributed by atoms with Crippen molar-refractivity contribution < 1.29 is 0 Å². The van der Waals surface area contributed by atoms with E-state index >= 15 is 0 Å². The van der Waals surface area contributed by atoms with Crippen LogP contribution in [0.15, 0.2) is 78.9 Å². The van der Waals surface area contributed by atoms with Gasteiger partial charge in [0.2, 0.25) is 0 Å². The number of rotatable bonds is 2. The lowest BCUT2D eigenvalue weighted by atomic mass is 9.94. The molecule has 0 saturated heterocycles. The van der Waals surface area contributed by atoms with Crippen molar-refractivity contribution in [1.29, 1.82) is 0 Å². The van der Waals surface area contributed by atoms with Gasteiger partial charge in [0.15, 0.2) is 0 Å². The summed E-state index contributed by atoms with van der Waals surface area (Å²) < 4.78 is 0. The number of fused-ring (bicyclic) bond motifs is 2. The van der Waals surface area contributed by atoms with Gasteiger partial charge in [0, 0.05) is 0 Å². The van der Waals surface area contributed by atoms with Gasteiger partial charge >= 0.3 is 0 Å². The predicted molar refractivity (Wildman–Crippen MR) is 101 cm³/mol. The summed E-state index contributed by atoms with van der Waals surface area (Å²) >= 11 is 0. The van der Waals surface area contributed by atoms with E-state index in [0.29, 0.717) is 0 Å². The summed E-state index contributed by atoms with van der Waals surface area (Å²) in [6.45, 7) is 2.26. The molecule has 0 radical (unpaired) electrons. The molecule has 0 bridgehead atoms. The third-order valence-corrected chi connectivity index (χ3v) is 5.21. The first-order chi connectivity index (χ1) is 10.9. The van der Waals surface area contributed by atoms with Gasteiger partial charge in [0.1, 0.15) is 0 Å². The van der Waals surface area contributed by atoms with Gasteiger partial charge in [-0.3, -0.25) is 0 Å². The largest absolute Gasteiger partial charge is 0.0929 e. The van der Waals surface area contributed by atoms with E-state index in [-0.39, 0.29) is 0 Å². The summed E-state index contributed by atoms with van der Waals surface area (Å²) in [7, 11) is 0.789. The summed E-state index contributed by atoms with van der Waals surface area (Å²) in [6, 6.07) is 28.5. The van der Waals surface area contributed by atoms with E-state index in [2.05, 4.69) is 85.5 Å². The van der Waals surface area contributed by atoms with E-state index < -0.39 is 0 Å². The molecule has 0 heterocycles. The van der Waals surface area contributed by atoms with Crippen LogP contribution >= 0.6 is 8.58 Å². The zero-order chi connectivity index (χ0) is 14.9. The lowest BCUT2D eigenvalue weighted by molar-refractivity contribution is 1.71. The Morgan fingerprint density at radius 2 is 1.23 bits per heavy atom. The second-order valence-corrected chi connectivity index (χ2v) is 6.52. The molecular weight excluding hydrogens is 283 g/mol. The molecule has 0 spiro atoms. The summed E-state index contributed by atoms with van der Waals surface area (Å²) in [6.07, 6.45) is 0. The quantitative estimate of drug-likeness (QED) is 0.423. The zero-order valence-corrected chi connectivity index (χ0v) is 13.5. The van der Waals surface area contributed by atoms with Crippen molar-refractivity contribution in [2.24, 2.45) is 0 Å². The molecule has 1 heteroatoms. The predicted octanol–water partition coefficient (Wildman–Crippen LogP) is 5.59. The van der Waals surface area contributed by atoms with Crippen molar-refractivity contribution in [1.82, 2.24) is 0 Å². The first kappa shape index (κ1) is 13.5. The fraction of sp³-hybridized carbons (Fsp3) is 0.0476. The van der Waals surface area contributed by atoms with Crippen LogP contribution in [0.25, 0.3) is 32.7 Å². The van der Waals surface area contributed by atoms with Gasteiger partial charge in [0.05, 0.1) is 0 Å². The van der Waals surface area contributed by atoms with E-state index in [1.165, 1.54) is 38.0 Å². The second-order valence-electron chi connectivity index (χ2n) is 5.49. The second kappa shape index (κ2) is 5.55. The molecule has 0 amide bonds. The Morgan fingerprint density at radius 3 is 2.00 bits per heavy atom. The van der Waals surface area contributed by atoms with E-state index in [9.17, 15) is 0 Å². The molecular formula is C21H17P. The third kappa shape index (κ3) is 2.12. The molecule has 4 aromatic carbocycles. The van der Waals surface area contributed by atoms with Gasteiger partial charge in [-0.15, -0.1) is 0 Å². The topological polar surface area (TPSA) is 0 Å². The summed E-state index contributed by atoms with van der Waals surface area (Å²) in [5.41, 5.74) is 2.75. The Morgan fingerprint density at radius 1 is 0.591 bits per heavy atom. The minimum Gasteiger partial charge on any atom is -0.0929 e. The monoisotopic (exact) mass is 300 g/mol. The minimum absolute atomic E-state index is 0.789. The lowest BCUT2D eigenvalue weighted by Gasteiger charge is -2.14. The van der Waals surface area contributed by atoms with Gasteiger partial charge < -0.3 is 0 Å². The van der Waals surface area contributed by atoms with Gasteiger partial charge in [0.25, 0.3) is 0 Å². The molecule has 0 nitrogen and oxygen atoms in total. The highest BCUT2D eigenvalue weighted by atomic mass is 31.1. The normalized spacial score (nSPS) is 11.7. The SMILES string of the molecule is CPc1ccc2ccccc2c1-c1cccc2ccccc12. The van der Waals surface area contributed by atoms with Crippen LogP contribution in [-0.4, -0.2) is 6.66 Å².